The molecule has 0 bridgehead atoms. The maximum Gasteiger partial charge on any atom is 0.238 e. The number of anilines is 2. The number of rotatable bonds is 8. The summed E-state index contributed by atoms with van der Waals surface area (Å²) < 4.78 is 27.7. The van der Waals surface area contributed by atoms with Crippen LogP contribution in [0.1, 0.15) is 11.3 Å². The summed E-state index contributed by atoms with van der Waals surface area (Å²) in [5, 5.41) is 11.4. The van der Waals surface area contributed by atoms with Crippen LogP contribution in [-0.4, -0.2) is 24.9 Å². The second kappa shape index (κ2) is 7.98. The molecule has 8 nitrogen and oxygen atoms in total. The third kappa shape index (κ3) is 5.04. The average molecular weight is 373 g/mol. The van der Waals surface area contributed by atoms with E-state index in [0.29, 0.717) is 31.3 Å². The molecule has 1 aromatic carbocycles. The summed E-state index contributed by atoms with van der Waals surface area (Å²) in [4.78, 5) is 8.65. The molecule has 0 aliphatic rings. The van der Waals surface area contributed by atoms with Gasteiger partial charge < -0.3 is 15.1 Å². The minimum atomic E-state index is -3.66. The summed E-state index contributed by atoms with van der Waals surface area (Å²) in [5.74, 6) is 2.00. The van der Waals surface area contributed by atoms with E-state index in [2.05, 4.69) is 20.6 Å². The lowest BCUT2D eigenvalue weighted by molar-refractivity contribution is 0.517. The molecule has 3 aromatic rings. The van der Waals surface area contributed by atoms with E-state index >= 15 is 0 Å². The highest BCUT2D eigenvalue weighted by Crippen LogP contribution is 2.11. The van der Waals surface area contributed by atoms with Crippen LogP contribution >= 0.6 is 0 Å². The van der Waals surface area contributed by atoms with Crippen molar-refractivity contribution in [3.63, 3.8) is 0 Å². The number of furan rings is 1. The Hall–Kier alpha value is -2.91. The summed E-state index contributed by atoms with van der Waals surface area (Å²) in [7, 11) is -3.66. The summed E-state index contributed by atoms with van der Waals surface area (Å²) >= 11 is 0. The lowest BCUT2D eigenvalue weighted by atomic mass is 10.1. The van der Waals surface area contributed by atoms with Gasteiger partial charge in [-0.15, -0.1) is 0 Å². The zero-order chi connectivity index (χ0) is 18.4. The Kier molecular flexibility index (Phi) is 5.49. The van der Waals surface area contributed by atoms with Gasteiger partial charge in [-0.2, -0.15) is 4.98 Å². The van der Waals surface area contributed by atoms with E-state index in [1.54, 1.807) is 30.7 Å². The van der Waals surface area contributed by atoms with E-state index < -0.39 is 10.0 Å². The summed E-state index contributed by atoms with van der Waals surface area (Å²) in [6.07, 6.45) is 4.00. The average Bonchev–Trinajstić information content (AvgIpc) is 3.14. The monoisotopic (exact) mass is 373 g/mol. The van der Waals surface area contributed by atoms with Gasteiger partial charge in [0.25, 0.3) is 0 Å². The highest BCUT2D eigenvalue weighted by atomic mass is 32.2. The Labute approximate surface area is 151 Å². The number of hydrogen-bond acceptors (Lipinski definition) is 7. The van der Waals surface area contributed by atoms with Crippen LogP contribution in [0.3, 0.4) is 0 Å². The molecule has 0 saturated carbocycles. The maximum atomic E-state index is 11.2. The van der Waals surface area contributed by atoms with Crippen molar-refractivity contribution in [3.05, 3.63) is 66.2 Å². The van der Waals surface area contributed by atoms with E-state index in [1.807, 2.05) is 12.1 Å². The molecule has 4 N–H and O–H groups in total. The highest BCUT2D eigenvalue weighted by molar-refractivity contribution is 7.89. The fraction of sp³-hybridized carbons (Fsp3) is 0.176. The molecule has 2 heterocycles. The molecule has 2 aromatic heterocycles. The predicted octanol–water partition coefficient (Wildman–Crippen LogP) is 1.98. The second-order valence-corrected chi connectivity index (χ2v) is 7.13. The molecule has 0 aliphatic heterocycles. The van der Waals surface area contributed by atoms with E-state index in [4.69, 9.17) is 9.56 Å². The molecule has 136 valence electrons. The van der Waals surface area contributed by atoms with Crippen LogP contribution in [0.4, 0.5) is 11.8 Å². The van der Waals surface area contributed by atoms with Gasteiger partial charge in [0.05, 0.1) is 17.7 Å². The quantitative estimate of drug-likeness (QED) is 0.551. The Morgan fingerprint density at radius 3 is 2.58 bits per heavy atom. The van der Waals surface area contributed by atoms with E-state index in [9.17, 15) is 8.42 Å². The van der Waals surface area contributed by atoms with Crippen molar-refractivity contribution in [2.24, 2.45) is 5.14 Å². The highest BCUT2D eigenvalue weighted by Gasteiger charge is 2.06. The van der Waals surface area contributed by atoms with Gasteiger partial charge in [0.2, 0.25) is 16.0 Å². The molecular weight excluding hydrogens is 354 g/mol. The number of hydrogen-bond donors (Lipinski definition) is 3. The molecule has 26 heavy (non-hydrogen) atoms. The first-order chi connectivity index (χ1) is 12.5. The van der Waals surface area contributed by atoms with Gasteiger partial charge >= 0.3 is 0 Å². The van der Waals surface area contributed by atoms with Crippen LogP contribution in [0, 0.1) is 0 Å². The van der Waals surface area contributed by atoms with Gasteiger partial charge in [0, 0.05) is 12.7 Å². The van der Waals surface area contributed by atoms with Gasteiger partial charge in [0.15, 0.2) is 0 Å². The lowest BCUT2D eigenvalue weighted by Gasteiger charge is -2.08. The fourth-order valence-electron chi connectivity index (χ4n) is 2.30. The molecule has 0 aliphatic carbocycles. The number of aromatic nitrogens is 2. The standard InChI is InChI=1S/C17H19N5O3S/c18-26(23,24)15-5-3-13(4-6-15)7-9-19-16-8-10-20-17(22-16)21-12-14-2-1-11-25-14/h1-6,8,10-11H,7,9,12H2,(H2,18,23,24)(H2,19,20,21,22). The van der Waals surface area contributed by atoms with Gasteiger partial charge in [-0.1, -0.05) is 12.1 Å². The molecular formula is C17H19N5O3S. The second-order valence-electron chi connectivity index (χ2n) is 5.56. The number of primary sulfonamides is 1. The largest absolute Gasteiger partial charge is 0.467 e. The SMILES string of the molecule is NS(=O)(=O)c1ccc(CCNc2ccnc(NCc3ccco3)n2)cc1. The van der Waals surface area contributed by atoms with E-state index in [1.165, 1.54) is 12.1 Å². The molecule has 9 heteroatoms. The zero-order valence-corrected chi connectivity index (χ0v) is 14.7. The first-order valence-corrected chi connectivity index (χ1v) is 9.50. The molecule has 0 atom stereocenters. The van der Waals surface area contributed by atoms with Crippen molar-refractivity contribution in [1.29, 1.82) is 0 Å². The smallest absolute Gasteiger partial charge is 0.238 e. The van der Waals surface area contributed by atoms with Gasteiger partial charge in [-0.3, -0.25) is 0 Å². The van der Waals surface area contributed by atoms with Crippen LogP contribution < -0.4 is 15.8 Å². The molecule has 0 spiro atoms. The first kappa shape index (κ1) is 17.9. The van der Waals surface area contributed by atoms with E-state index in [0.717, 1.165) is 11.3 Å². The lowest BCUT2D eigenvalue weighted by Crippen LogP contribution is -2.12. The van der Waals surface area contributed by atoms with Crippen molar-refractivity contribution >= 4 is 21.8 Å². The third-order valence-electron chi connectivity index (χ3n) is 3.63. The number of nitrogens with zero attached hydrogens (tertiary/aromatic N) is 2. The molecule has 0 fully saturated rings. The first-order valence-electron chi connectivity index (χ1n) is 7.95. The molecule has 0 saturated heterocycles. The van der Waals surface area contributed by atoms with Crippen molar-refractivity contribution in [2.75, 3.05) is 17.2 Å². The summed E-state index contributed by atoms with van der Waals surface area (Å²) in [5.41, 5.74) is 0.995. The third-order valence-corrected chi connectivity index (χ3v) is 4.56. The minimum absolute atomic E-state index is 0.109. The van der Waals surface area contributed by atoms with Crippen molar-refractivity contribution in [3.8, 4) is 0 Å². The molecule has 0 unspecified atom stereocenters. The zero-order valence-electron chi connectivity index (χ0n) is 13.9. The summed E-state index contributed by atoms with van der Waals surface area (Å²) in [6, 6.07) is 12.0. The Morgan fingerprint density at radius 1 is 1.08 bits per heavy atom. The van der Waals surface area contributed by atoms with Crippen LogP contribution in [0.25, 0.3) is 0 Å². The van der Waals surface area contributed by atoms with Crippen LogP contribution in [0.2, 0.25) is 0 Å². The number of sulfonamides is 1. The predicted molar refractivity (Wildman–Crippen MR) is 98.1 cm³/mol. The van der Waals surface area contributed by atoms with Gasteiger partial charge in [0.1, 0.15) is 11.6 Å². The minimum Gasteiger partial charge on any atom is -0.467 e. The normalized spacial score (nSPS) is 11.3. The molecule has 3 rings (SSSR count). The Morgan fingerprint density at radius 2 is 1.88 bits per heavy atom. The van der Waals surface area contributed by atoms with Gasteiger partial charge in [-0.25, -0.2) is 18.5 Å². The van der Waals surface area contributed by atoms with Crippen molar-refractivity contribution in [1.82, 2.24) is 9.97 Å². The van der Waals surface area contributed by atoms with Crippen molar-refractivity contribution < 1.29 is 12.8 Å². The summed E-state index contributed by atoms with van der Waals surface area (Å²) in [6.45, 7) is 1.15. The Balaban J connectivity index is 1.51. The fourth-order valence-corrected chi connectivity index (χ4v) is 2.82. The molecule has 0 amide bonds. The van der Waals surface area contributed by atoms with Crippen molar-refractivity contribution in [2.45, 2.75) is 17.9 Å². The van der Waals surface area contributed by atoms with Crippen LogP contribution in [0.5, 0.6) is 0 Å². The molecule has 0 radical (unpaired) electrons. The number of nitrogens with two attached hydrogens (primary N) is 1. The topological polar surface area (TPSA) is 123 Å². The van der Waals surface area contributed by atoms with Gasteiger partial charge in [-0.05, 0) is 42.3 Å². The van der Waals surface area contributed by atoms with E-state index in [-0.39, 0.29) is 4.90 Å². The Bertz CT molecular complexity index is 941. The maximum absolute atomic E-state index is 11.2. The van der Waals surface area contributed by atoms with Crippen LogP contribution in [-0.2, 0) is 23.0 Å². The van der Waals surface area contributed by atoms with Crippen LogP contribution in [0.15, 0.2) is 64.2 Å². The number of nitrogens with one attached hydrogen (secondary N) is 2. The number of benzene rings is 1.